The molecular formula is C70H133N4O49P3. The van der Waals surface area contributed by atoms with Gasteiger partial charge in [-0.2, -0.15) is 0 Å². The molecule has 0 aliphatic carbocycles. The number of carbonyl (C=O) groups excluding carboxylic acids is 4. The summed E-state index contributed by atoms with van der Waals surface area (Å²) in [7, 11) is -14.8. The minimum Gasteiger partial charge on any atom is -0.481 e. The van der Waals surface area contributed by atoms with Gasteiger partial charge in [-0.3, -0.25) is 37.5 Å². The van der Waals surface area contributed by atoms with Gasteiger partial charge in [0.15, 0.2) is 18.9 Å². The zero-order valence-electron chi connectivity index (χ0n) is 70.3. The summed E-state index contributed by atoms with van der Waals surface area (Å²) in [6.45, 7) is 1.96. The fourth-order valence-electron chi connectivity index (χ4n) is 11.2. The summed E-state index contributed by atoms with van der Waals surface area (Å²) in [6, 6.07) is 0. The number of ether oxygens (including phenoxy) is 22. The van der Waals surface area contributed by atoms with E-state index in [1.807, 2.05) is 0 Å². The first kappa shape index (κ1) is 117. The molecule has 3 rings (SSSR count). The van der Waals surface area contributed by atoms with Crippen molar-refractivity contribution in [1.29, 1.82) is 0 Å². The molecule has 0 aromatic carbocycles. The van der Waals surface area contributed by atoms with Crippen LogP contribution in [-0.4, -0.2) is 478 Å². The number of rotatable bonds is 82. The standard InChI is InChI=1S/C70H133N4O49P3/c75-53(71-9-14-101-19-24-106-29-32-109-35-38-112-41-44-115-67-64(87)61(84)58(81)50(121-67)47-118-124(90,91)92)1-6-70(74-56(78)4-12-99-17-22-104-27-28-105-23-18-100-13-5-57(79)80,7-2-54(76)72-10-15-102-20-25-107-30-33-110-36-39-113-42-45-116-68-65(88)62(85)59(82)51(122-68)48-119-125(93,94)95)8-3-55(77)73-11-16-103-21-26-108-31-34-111-37-40-114-43-46-117-69-66(89)63(86)60(83)52(123-69)49-120-126(96,97)98/h50-52,58-69,81-89H,1-49H2,(H,71,75)(H,72,76)(H,73,77)(H,74,78)(H,79,80)(H2,90,91,92)(H2,93,94,95)(H2,96,97,98). The molecule has 3 saturated heterocycles. The van der Waals surface area contributed by atoms with E-state index in [2.05, 4.69) is 34.8 Å². The smallest absolute Gasteiger partial charge is 0.469 e. The SMILES string of the molecule is O=C(O)CCOCCOCCOCCOCCC(=O)NC(CCC(=O)NCCOCCOCCOCCOCCOC1OC(COP(=O)(O)O)C(O)C(O)C1O)(CCC(=O)NCCOCCOCCOCCOCCOC1OC(COP(=O)(O)O)C(O)C(O)C1O)CCC(=O)NCCOCCOCCOCCOCCOC1OC(COP(=O)(O)O)C(O)C(O)C1O. The molecule has 742 valence electrons. The largest absolute Gasteiger partial charge is 0.481 e. The van der Waals surface area contributed by atoms with Gasteiger partial charge in [0.05, 0.1) is 257 Å². The number of phosphoric acid groups is 3. The second kappa shape index (κ2) is 70.2. The Balaban J connectivity index is 1.48. The third-order valence-electron chi connectivity index (χ3n) is 17.8. The van der Waals surface area contributed by atoms with Crippen molar-refractivity contribution < 1.29 is 236 Å². The third kappa shape index (κ3) is 58.5. The van der Waals surface area contributed by atoms with Crippen molar-refractivity contribution in [2.45, 2.75) is 149 Å². The molecular weight excluding hydrogens is 1770 g/mol. The van der Waals surface area contributed by atoms with Gasteiger partial charge in [-0.15, -0.1) is 0 Å². The van der Waals surface area contributed by atoms with Gasteiger partial charge in [-0.25, -0.2) is 13.7 Å². The second-order valence-corrected chi connectivity index (χ2v) is 31.3. The number of aliphatic hydroxyl groups excluding tert-OH is 9. The lowest BCUT2D eigenvalue weighted by molar-refractivity contribution is -0.301. The minimum atomic E-state index is -4.92. The normalized spacial score (nSPS) is 23.6. The quantitative estimate of drug-likeness (QED) is 0.0199. The maximum Gasteiger partial charge on any atom is 0.469 e. The van der Waals surface area contributed by atoms with E-state index in [-0.39, 0.29) is 302 Å². The Morgan fingerprint density at radius 2 is 0.468 bits per heavy atom. The molecule has 3 heterocycles. The number of hydrogen-bond acceptors (Lipinski definition) is 42. The van der Waals surface area contributed by atoms with Crippen LogP contribution in [-0.2, 0) is 155 Å². The van der Waals surface area contributed by atoms with Gasteiger partial charge in [0.25, 0.3) is 0 Å². The molecule has 0 saturated carbocycles. The molecule has 0 bridgehead atoms. The van der Waals surface area contributed by atoms with E-state index in [0.717, 1.165) is 0 Å². The minimum absolute atomic E-state index is 0.0000231. The second-order valence-electron chi connectivity index (χ2n) is 27.6. The summed E-state index contributed by atoms with van der Waals surface area (Å²) in [4.78, 5) is 119. The number of carbonyl (C=O) groups is 5. The Morgan fingerprint density at radius 3 is 0.690 bits per heavy atom. The van der Waals surface area contributed by atoms with Crippen molar-refractivity contribution >= 4 is 53.1 Å². The summed E-state index contributed by atoms with van der Waals surface area (Å²) in [5.74, 6) is -2.78. The maximum absolute atomic E-state index is 13.9. The number of aliphatic carboxylic acids is 1. The fourth-order valence-corrected chi connectivity index (χ4v) is 12.2. The topological polar surface area (TPSA) is 739 Å². The van der Waals surface area contributed by atoms with Crippen molar-refractivity contribution in [2.24, 2.45) is 0 Å². The van der Waals surface area contributed by atoms with Crippen LogP contribution in [0.5, 0.6) is 0 Å². The molecule has 0 spiro atoms. The van der Waals surface area contributed by atoms with E-state index in [4.69, 9.17) is 139 Å². The lowest BCUT2D eigenvalue weighted by atomic mass is 9.83. The van der Waals surface area contributed by atoms with Crippen molar-refractivity contribution in [3.05, 3.63) is 0 Å². The number of phosphoric ester groups is 3. The highest BCUT2D eigenvalue weighted by Gasteiger charge is 2.48. The van der Waals surface area contributed by atoms with E-state index in [9.17, 15) is 83.6 Å². The molecule has 0 aromatic rings. The predicted molar refractivity (Wildman–Crippen MR) is 419 cm³/mol. The van der Waals surface area contributed by atoms with Crippen molar-refractivity contribution in [3.8, 4) is 0 Å². The third-order valence-corrected chi connectivity index (χ3v) is 19.2. The van der Waals surface area contributed by atoms with Crippen LogP contribution in [0.15, 0.2) is 0 Å². The van der Waals surface area contributed by atoms with E-state index in [1.165, 1.54) is 0 Å². The van der Waals surface area contributed by atoms with Crippen molar-refractivity contribution in [1.82, 2.24) is 21.3 Å². The molecule has 3 aliphatic rings. The van der Waals surface area contributed by atoms with Crippen LogP contribution < -0.4 is 21.3 Å². The Kier molecular flexibility index (Phi) is 64.9. The Morgan fingerprint density at radius 1 is 0.262 bits per heavy atom. The number of hydrogen-bond donors (Lipinski definition) is 20. The van der Waals surface area contributed by atoms with E-state index in [1.54, 1.807) is 0 Å². The average Bonchev–Trinajstić information content (AvgIpc) is 0.824. The molecule has 15 unspecified atom stereocenters. The molecule has 3 aliphatic heterocycles. The Labute approximate surface area is 727 Å². The first-order chi connectivity index (χ1) is 60.2. The zero-order valence-corrected chi connectivity index (χ0v) is 73.0. The molecule has 0 aromatic heterocycles. The van der Waals surface area contributed by atoms with Crippen LogP contribution in [0.3, 0.4) is 0 Å². The number of carboxylic acid groups (broad SMARTS) is 1. The Bertz CT molecular complexity index is 2710. The highest BCUT2D eigenvalue weighted by Crippen LogP contribution is 2.39. The van der Waals surface area contributed by atoms with Gasteiger partial charge < -0.3 is 206 Å². The maximum atomic E-state index is 13.9. The molecule has 4 amide bonds. The lowest BCUT2D eigenvalue weighted by Gasteiger charge is -2.40. The Hall–Kier alpha value is -3.56. The fraction of sp³-hybridized carbons (Fsp3) is 0.929. The van der Waals surface area contributed by atoms with Crippen molar-refractivity contribution in [2.75, 3.05) is 271 Å². The molecule has 0 radical (unpaired) electrons. The number of amides is 4. The van der Waals surface area contributed by atoms with Crippen LogP contribution >= 0.6 is 23.5 Å². The number of aliphatic hydroxyl groups is 9. The molecule has 56 heteroatoms. The highest BCUT2D eigenvalue weighted by molar-refractivity contribution is 7.46. The monoisotopic (exact) mass is 1910 g/mol. The summed E-state index contributed by atoms with van der Waals surface area (Å²) < 4.78 is 166. The molecule has 15 atom stereocenters. The van der Waals surface area contributed by atoms with Crippen LogP contribution in [0.2, 0.25) is 0 Å². The van der Waals surface area contributed by atoms with Crippen molar-refractivity contribution in [3.63, 3.8) is 0 Å². The summed E-state index contributed by atoms with van der Waals surface area (Å²) in [5, 5.41) is 111. The van der Waals surface area contributed by atoms with E-state index in [0.29, 0.717) is 0 Å². The van der Waals surface area contributed by atoms with Gasteiger partial charge >= 0.3 is 29.4 Å². The van der Waals surface area contributed by atoms with Crippen LogP contribution in [0.25, 0.3) is 0 Å². The predicted octanol–water partition coefficient (Wildman–Crippen LogP) is -8.54. The highest BCUT2D eigenvalue weighted by atomic mass is 31.2. The van der Waals surface area contributed by atoms with Crippen LogP contribution in [0, 0.1) is 0 Å². The average molecular weight is 1910 g/mol. The van der Waals surface area contributed by atoms with Gasteiger partial charge in [-0.05, 0) is 19.3 Å². The molecule has 3 fully saturated rings. The van der Waals surface area contributed by atoms with Gasteiger partial charge in [0.1, 0.15) is 73.2 Å². The first-order valence-corrected chi connectivity index (χ1v) is 45.4. The van der Waals surface area contributed by atoms with Crippen LogP contribution in [0.1, 0.15) is 51.4 Å². The van der Waals surface area contributed by atoms with Gasteiger partial charge in [-0.1, -0.05) is 0 Å². The number of nitrogens with one attached hydrogen (secondary N) is 4. The van der Waals surface area contributed by atoms with Gasteiger partial charge in [0, 0.05) is 50.9 Å². The van der Waals surface area contributed by atoms with E-state index >= 15 is 0 Å². The lowest BCUT2D eigenvalue weighted by Crippen LogP contribution is -2.59. The van der Waals surface area contributed by atoms with E-state index < -0.39 is 171 Å². The molecule has 20 N–H and O–H groups in total. The van der Waals surface area contributed by atoms with Crippen LogP contribution in [0.4, 0.5) is 0 Å². The number of carboxylic acids is 1. The zero-order chi connectivity index (χ0) is 92.7. The summed E-state index contributed by atoms with van der Waals surface area (Å²) in [5.41, 5.74) is -1.32. The summed E-state index contributed by atoms with van der Waals surface area (Å²) >= 11 is 0. The summed E-state index contributed by atoms with van der Waals surface area (Å²) in [6.07, 6.45) is -25.0. The first-order valence-electron chi connectivity index (χ1n) is 40.8. The molecule has 53 nitrogen and oxygen atoms in total. The molecule has 126 heavy (non-hydrogen) atoms. The van der Waals surface area contributed by atoms with Gasteiger partial charge in [0.2, 0.25) is 23.6 Å².